The highest BCUT2D eigenvalue weighted by Crippen LogP contribution is 2.30. The van der Waals surface area contributed by atoms with E-state index in [-0.39, 0.29) is 17.7 Å². The van der Waals surface area contributed by atoms with Crippen molar-refractivity contribution in [2.24, 2.45) is 0 Å². The molecule has 1 aromatic heterocycles. The Kier molecular flexibility index (Phi) is 4.96. The number of benzene rings is 2. The molecule has 0 aliphatic rings. The van der Waals surface area contributed by atoms with E-state index in [2.05, 4.69) is 0 Å². The molecule has 3 rings (SSSR count). The second-order valence-electron chi connectivity index (χ2n) is 5.73. The number of fused-ring (bicyclic) bond motifs is 1. The molecule has 0 atom stereocenters. The van der Waals surface area contributed by atoms with Crippen LogP contribution in [0.1, 0.15) is 11.1 Å². The van der Waals surface area contributed by atoms with Gasteiger partial charge in [-0.3, -0.25) is 4.79 Å². The molecule has 1 heterocycles. The van der Waals surface area contributed by atoms with Gasteiger partial charge in [0.1, 0.15) is 17.4 Å². The highest BCUT2D eigenvalue weighted by molar-refractivity contribution is 6.38. The van der Waals surface area contributed by atoms with E-state index in [0.717, 1.165) is 12.1 Å². The van der Waals surface area contributed by atoms with Gasteiger partial charge in [-0.15, -0.1) is 0 Å². The fourth-order valence-electron chi connectivity index (χ4n) is 2.72. The molecule has 0 spiro atoms. The van der Waals surface area contributed by atoms with Crippen LogP contribution in [0.15, 0.2) is 48.7 Å². The number of halogens is 3. The Bertz CT molecular complexity index is 1080. The van der Waals surface area contributed by atoms with E-state index in [1.165, 1.54) is 29.0 Å². The number of aliphatic carboxylic acids is 1. The summed E-state index contributed by atoms with van der Waals surface area (Å²) in [7, 11) is 0. The summed E-state index contributed by atoms with van der Waals surface area (Å²) in [5.74, 6) is -5.07. The number of carbonyl (C=O) groups excluding carboxylic acids is 1. The van der Waals surface area contributed by atoms with E-state index in [4.69, 9.17) is 16.7 Å². The zero-order valence-electron chi connectivity index (χ0n) is 13.6. The number of carboxylic acids is 1. The average Bonchev–Trinajstić information content (AvgIpc) is 2.96. The Labute approximate surface area is 156 Å². The van der Waals surface area contributed by atoms with Crippen molar-refractivity contribution in [1.82, 2.24) is 4.57 Å². The molecule has 0 radical (unpaired) electrons. The lowest BCUT2D eigenvalue weighted by Gasteiger charge is -2.08. The lowest BCUT2D eigenvalue weighted by atomic mass is 10.1. The van der Waals surface area contributed by atoms with Crippen molar-refractivity contribution in [3.63, 3.8) is 0 Å². The third-order valence-electron chi connectivity index (χ3n) is 3.99. The van der Waals surface area contributed by atoms with E-state index < -0.39 is 29.1 Å². The fourth-order valence-corrected chi connectivity index (χ4v) is 2.88. The number of carboxylic acid groups (broad SMARTS) is 1. The molecule has 0 aliphatic heterocycles. The monoisotopic (exact) mass is 391 g/mol. The van der Waals surface area contributed by atoms with Gasteiger partial charge in [0, 0.05) is 33.8 Å². The number of aromatic nitrogens is 1. The first-order valence-electron chi connectivity index (χ1n) is 7.67. The number of aliphatic hydroxyl groups excluding tert-OH is 1. The Morgan fingerprint density at radius 1 is 1.11 bits per heavy atom. The summed E-state index contributed by atoms with van der Waals surface area (Å²) in [4.78, 5) is 22.0. The van der Waals surface area contributed by atoms with Crippen molar-refractivity contribution in [1.29, 1.82) is 0 Å². The molecular weight excluding hydrogens is 380 g/mol. The van der Waals surface area contributed by atoms with Gasteiger partial charge in [0.05, 0.1) is 12.1 Å². The first-order chi connectivity index (χ1) is 12.8. The van der Waals surface area contributed by atoms with Crippen molar-refractivity contribution >= 4 is 40.0 Å². The largest absolute Gasteiger partial charge is 0.507 e. The summed E-state index contributed by atoms with van der Waals surface area (Å²) in [6.07, 6.45) is 1.94. The van der Waals surface area contributed by atoms with Gasteiger partial charge < -0.3 is 14.8 Å². The summed E-state index contributed by atoms with van der Waals surface area (Å²) in [5.41, 5.74) is 0.391. The van der Waals surface area contributed by atoms with Gasteiger partial charge in [-0.2, -0.15) is 0 Å². The molecule has 2 aromatic carbocycles. The van der Waals surface area contributed by atoms with Gasteiger partial charge in [-0.25, -0.2) is 13.6 Å². The van der Waals surface area contributed by atoms with Gasteiger partial charge >= 0.3 is 5.97 Å². The second-order valence-corrected chi connectivity index (χ2v) is 6.17. The maximum Gasteiger partial charge on any atom is 0.376 e. The van der Waals surface area contributed by atoms with E-state index in [0.29, 0.717) is 22.0 Å². The van der Waals surface area contributed by atoms with Crippen LogP contribution < -0.4 is 0 Å². The molecule has 0 amide bonds. The first kappa shape index (κ1) is 18.6. The topological polar surface area (TPSA) is 79.5 Å². The molecular formula is C19H12ClF2NO4. The Hall–Kier alpha value is -3.19. The second kappa shape index (κ2) is 7.20. The van der Waals surface area contributed by atoms with Gasteiger partial charge in [-0.1, -0.05) is 23.7 Å². The van der Waals surface area contributed by atoms with Crippen molar-refractivity contribution in [2.45, 2.75) is 6.54 Å². The summed E-state index contributed by atoms with van der Waals surface area (Å²) >= 11 is 6.00. The minimum absolute atomic E-state index is 0.132. The number of rotatable bonds is 5. The third kappa shape index (κ3) is 3.68. The summed E-state index contributed by atoms with van der Waals surface area (Å²) in [5, 5.41) is 19.6. The van der Waals surface area contributed by atoms with Gasteiger partial charge in [0.2, 0.25) is 0 Å². The lowest BCUT2D eigenvalue weighted by Crippen LogP contribution is -2.09. The number of hydrogen-bond donors (Lipinski definition) is 2. The molecule has 2 N–H and O–H groups in total. The highest BCUT2D eigenvalue weighted by Gasteiger charge is 2.17. The molecule has 138 valence electrons. The maximum atomic E-state index is 14.0. The third-order valence-corrected chi connectivity index (χ3v) is 4.22. The number of ketones is 1. The first-order valence-corrected chi connectivity index (χ1v) is 8.05. The Morgan fingerprint density at radius 3 is 2.41 bits per heavy atom. The lowest BCUT2D eigenvalue weighted by molar-refractivity contribution is -0.146. The van der Waals surface area contributed by atoms with Crippen molar-refractivity contribution in [3.05, 3.63) is 76.5 Å². The van der Waals surface area contributed by atoms with E-state index >= 15 is 0 Å². The van der Waals surface area contributed by atoms with Crippen LogP contribution in [-0.4, -0.2) is 26.5 Å². The van der Waals surface area contributed by atoms with Crippen LogP contribution in [0.4, 0.5) is 8.78 Å². The molecule has 5 nitrogen and oxygen atoms in total. The van der Waals surface area contributed by atoms with Crippen LogP contribution in [0.5, 0.6) is 0 Å². The van der Waals surface area contributed by atoms with Crippen LogP contribution in [0.3, 0.4) is 0 Å². The van der Waals surface area contributed by atoms with Gasteiger partial charge in [-0.05, 0) is 24.3 Å². The molecule has 0 saturated heterocycles. The van der Waals surface area contributed by atoms with Crippen molar-refractivity contribution in [3.8, 4) is 0 Å². The van der Waals surface area contributed by atoms with E-state index in [1.54, 1.807) is 6.07 Å². The van der Waals surface area contributed by atoms with E-state index in [1.807, 2.05) is 0 Å². The van der Waals surface area contributed by atoms with Gasteiger partial charge in [0.15, 0.2) is 0 Å². The zero-order chi connectivity index (χ0) is 19.7. The molecule has 0 fully saturated rings. The Balaban J connectivity index is 2.16. The quantitative estimate of drug-likeness (QED) is 0.388. The molecule has 0 unspecified atom stereocenters. The summed E-state index contributed by atoms with van der Waals surface area (Å²) < 4.78 is 29.4. The zero-order valence-corrected chi connectivity index (χ0v) is 14.4. The number of carbonyl (C=O) groups is 2. The molecule has 27 heavy (non-hydrogen) atoms. The minimum atomic E-state index is -1.72. The molecule has 0 saturated carbocycles. The summed E-state index contributed by atoms with van der Waals surface area (Å²) in [6, 6.07) is 8.12. The molecule has 0 bridgehead atoms. The number of nitrogens with zero attached hydrogens (tertiary/aromatic N) is 1. The maximum absolute atomic E-state index is 14.0. The standard InChI is InChI=1S/C19H12ClF2NO4/c20-10-4-5-11-12(17(24)7-18(25)19(26)27)8-23(16(11)6-10)9-13-14(21)2-1-3-15(13)22/h1-8,24H,9H2,(H,26,27)/b17-7-. The normalized spacial score (nSPS) is 11.7. The molecule has 8 heteroatoms. The number of aliphatic hydroxyl groups is 1. The van der Waals surface area contributed by atoms with Crippen LogP contribution in [-0.2, 0) is 16.1 Å². The van der Waals surface area contributed by atoms with E-state index in [9.17, 15) is 23.5 Å². The van der Waals surface area contributed by atoms with Crippen molar-refractivity contribution < 1.29 is 28.6 Å². The predicted octanol–water partition coefficient (Wildman–Crippen LogP) is 4.17. The predicted molar refractivity (Wildman–Crippen MR) is 95.7 cm³/mol. The van der Waals surface area contributed by atoms with Crippen LogP contribution in [0.25, 0.3) is 16.7 Å². The fraction of sp³-hybridized carbons (Fsp3) is 0.0526. The summed E-state index contributed by atoms with van der Waals surface area (Å²) in [6.45, 7) is -0.199. The highest BCUT2D eigenvalue weighted by atomic mass is 35.5. The number of hydrogen-bond acceptors (Lipinski definition) is 3. The van der Waals surface area contributed by atoms with Gasteiger partial charge in [0.25, 0.3) is 5.78 Å². The SMILES string of the molecule is O=C(O)C(=O)/C=C(\O)c1cn(Cc2c(F)cccc2F)c2cc(Cl)ccc12. The average molecular weight is 392 g/mol. The Morgan fingerprint density at radius 2 is 1.78 bits per heavy atom. The van der Waals surface area contributed by atoms with Crippen molar-refractivity contribution in [2.75, 3.05) is 0 Å². The minimum Gasteiger partial charge on any atom is -0.507 e. The molecule has 0 aliphatic carbocycles. The van der Waals surface area contributed by atoms with Crippen LogP contribution in [0.2, 0.25) is 5.02 Å². The molecule has 3 aromatic rings. The van der Waals surface area contributed by atoms with Crippen LogP contribution in [0, 0.1) is 11.6 Å². The van der Waals surface area contributed by atoms with Crippen LogP contribution >= 0.6 is 11.6 Å². The smallest absolute Gasteiger partial charge is 0.376 e.